The van der Waals surface area contributed by atoms with Crippen LogP contribution in [0.1, 0.15) is 45.1 Å². The molecule has 0 aliphatic carbocycles. The number of nitrogens with two attached hydrogens (primary N) is 1. The van der Waals surface area contributed by atoms with Gasteiger partial charge in [-0.05, 0) is 51.6 Å². The van der Waals surface area contributed by atoms with Crippen LogP contribution in [-0.2, 0) is 9.59 Å². The van der Waals surface area contributed by atoms with Gasteiger partial charge >= 0.3 is 0 Å². The van der Waals surface area contributed by atoms with Gasteiger partial charge in [0.15, 0.2) is 6.19 Å². The van der Waals surface area contributed by atoms with Crippen molar-refractivity contribution >= 4 is 23.5 Å². The molecule has 0 aromatic heterocycles. The van der Waals surface area contributed by atoms with Gasteiger partial charge in [0, 0.05) is 33.1 Å². The Balaban J connectivity index is 0.000000602. The number of guanidine groups is 1. The summed E-state index contributed by atoms with van der Waals surface area (Å²) in [6, 6.07) is 7.55. The number of rotatable bonds is 6. The number of benzene rings is 1. The molecule has 1 heterocycles. The number of aryl methyl sites for hydroxylation is 1. The highest BCUT2D eigenvalue weighted by Gasteiger charge is 2.20. The number of nitrogens with zero attached hydrogens (tertiary/aromatic N) is 5. The van der Waals surface area contributed by atoms with Crippen molar-refractivity contribution in [2.75, 3.05) is 47.3 Å². The Bertz CT molecular complexity index is 787. The topological polar surface area (TPSA) is 118 Å². The first kappa shape index (κ1) is 29.9. The fraction of sp³-hybridized carbons (Fsp3) is 0.583. The summed E-state index contributed by atoms with van der Waals surface area (Å²) >= 11 is 0. The molecule has 0 unspecified atom stereocenters. The summed E-state index contributed by atoms with van der Waals surface area (Å²) in [6.45, 7) is 8.48. The van der Waals surface area contributed by atoms with Crippen molar-refractivity contribution in [2.45, 2.75) is 46.5 Å². The molecule has 9 nitrogen and oxygen atoms in total. The molecule has 2 amide bonds. The molecule has 1 aromatic carbocycles. The highest BCUT2D eigenvalue weighted by Crippen LogP contribution is 2.12. The summed E-state index contributed by atoms with van der Waals surface area (Å²) in [7, 11) is 5.77. The first-order valence-electron chi connectivity index (χ1n) is 11.4. The van der Waals surface area contributed by atoms with Crippen LogP contribution in [0.3, 0.4) is 0 Å². The van der Waals surface area contributed by atoms with Crippen molar-refractivity contribution in [3.8, 4) is 6.19 Å². The standard InChI is InChI=1S/C13H25N3O2.C9H10N4.C2H6/c1-14(2)9-10-15(3)13(18)11-16-8-6-4-5-7-12(16)17;1-7-3-2-4-8(5-7)13-9(11)12-6-10;1-2/h4-11H2,1-3H3;2-5H,1H3,(H3,11,12,13);1-2H3. The SMILES string of the molecule is CC.CN(C)CCN(C)C(=O)CN1CCCCCC1=O.Cc1cccc(N=C(N)NC#N)c1. The monoisotopic (exact) mass is 459 g/mol. The molecule has 0 atom stereocenters. The summed E-state index contributed by atoms with van der Waals surface area (Å²) in [5.74, 6) is 0.266. The van der Waals surface area contributed by atoms with Gasteiger partial charge in [-0.25, -0.2) is 4.99 Å². The Labute approximate surface area is 199 Å². The van der Waals surface area contributed by atoms with E-state index in [-0.39, 0.29) is 24.3 Å². The van der Waals surface area contributed by atoms with E-state index in [0.29, 0.717) is 13.0 Å². The molecule has 0 spiro atoms. The number of nitriles is 1. The highest BCUT2D eigenvalue weighted by atomic mass is 16.2. The normalized spacial score (nSPS) is 13.6. The Morgan fingerprint density at radius 3 is 2.52 bits per heavy atom. The number of hydrogen-bond acceptors (Lipinski definition) is 5. The summed E-state index contributed by atoms with van der Waals surface area (Å²) in [5, 5.41) is 10.5. The third kappa shape index (κ3) is 13.8. The minimum Gasteiger partial charge on any atom is -0.369 e. The summed E-state index contributed by atoms with van der Waals surface area (Å²) in [5.41, 5.74) is 7.22. The van der Waals surface area contributed by atoms with Crippen molar-refractivity contribution < 1.29 is 9.59 Å². The van der Waals surface area contributed by atoms with Crippen LogP contribution in [0, 0.1) is 18.4 Å². The van der Waals surface area contributed by atoms with Crippen molar-refractivity contribution in [2.24, 2.45) is 10.7 Å². The number of likely N-dealkylation sites (N-methyl/N-ethyl adjacent to an activating group) is 2. The van der Waals surface area contributed by atoms with Gasteiger partial charge in [0.05, 0.1) is 12.2 Å². The lowest BCUT2D eigenvalue weighted by molar-refractivity contribution is -0.139. The van der Waals surface area contributed by atoms with E-state index in [2.05, 4.69) is 10.3 Å². The number of carbonyl (C=O) groups excluding carboxylic acids is 2. The number of hydrogen-bond donors (Lipinski definition) is 2. The van der Waals surface area contributed by atoms with E-state index in [1.54, 1.807) is 23.0 Å². The maximum atomic E-state index is 12.0. The van der Waals surface area contributed by atoms with Gasteiger partial charge in [0.25, 0.3) is 0 Å². The molecule has 3 N–H and O–H groups in total. The third-order valence-corrected chi connectivity index (χ3v) is 4.74. The number of aliphatic imine (C=N–C) groups is 1. The molecule has 9 heteroatoms. The molecule has 1 saturated heterocycles. The van der Waals surface area contributed by atoms with Crippen molar-refractivity contribution in [1.82, 2.24) is 20.0 Å². The molecule has 184 valence electrons. The summed E-state index contributed by atoms with van der Waals surface area (Å²) in [6.07, 6.45) is 5.35. The maximum absolute atomic E-state index is 12.0. The average Bonchev–Trinajstić information content (AvgIpc) is 2.98. The molecule has 1 aliphatic rings. The Morgan fingerprint density at radius 2 is 1.91 bits per heavy atom. The first-order valence-corrected chi connectivity index (χ1v) is 11.4. The lowest BCUT2D eigenvalue weighted by atomic mass is 10.2. The second-order valence-corrected chi connectivity index (χ2v) is 7.82. The van der Waals surface area contributed by atoms with Gasteiger partial charge in [-0.3, -0.25) is 14.9 Å². The van der Waals surface area contributed by atoms with E-state index in [1.165, 1.54) is 0 Å². The Kier molecular flexibility index (Phi) is 15.8. The van der Waals surface area contributed by atoms with Gasteiger partial charge in [-0.1, -0.05) is 32.4 Å². The smallest absolute Gasteiger partial charge is 0.241 e. The van der Waals surface area contributed by atoms with Crippen molar-refractivity contribution in [3.63, 3.8) is 0 Å². The van der Waals surface area contributed by atoms with Gasteiger partial charge in [-0.2, -0.15) is 5.26 Å². The van der Waals surface area contributed by atoms with Crippen LogP contribution in [0.2, 0.25) is 0 Å². The molecule has 0 saturated carbocycles. The predicted molar refractivity (Wildman–Crippen MR) is 134 cm³/mol. The Morgan fingerprint density at radius 1 is 1.21 bits per heavy atom. The van der Waals surface area contributed by atoms with Crippen LogP contribution in [0.5, 0.6) is 0 Å². The van der Waals surface area contributed by atoms with Crippen LogP contribution in [0.25, 0.3) is 0 Å². The molecule has 0 radical (unpaired) electrons. The van der Waals surface area contributed by atoms with Crippen LogP contribution in [-0.4, -0.2) is 79.8 Å². The Hall–Kier alpha value is -3.12. The molecule has 1 aromatic rings. The van der Waals surface area contributed by atoms with Crippen molar-refractivity contribution in [3.05, 3.63) is 29.8 Å². The number of amides is 2. The van der Waals surface area contributed by atoms with E-state index >= 15 is 0 Å². The average molecular weight is 460 g/mol. The molecule has 1 aliphatic heterocycles. The molecule has 1 fully saturated rings. The van der Waals surface area contributed by atoms with Gasteiger partial charge in [0.1, 0.15) is 0 Å². The minimum atomic E-state index is 0.0344. The number of likely N-dealkylation sites (tertiary alicyclic amines) is 1. The van der Waals surface area contributed by atoms with E-state index in [4.69, 9.17) is 11.0 Å². The van der Waals surface area contributed by atoms with Crippen LogP contribution in [0.15, 0.2) is 29.3 Å². The number of nitrogens with one attached hydrogen (secondary N) is 1. The molecular formula is C24H41N7O2. The molecule has 0 bridgehead atoms. The van der Waals surface area contributed by atoms with Crippen LogP contribution >= 0.6 is 0 Å². The van der Waals surface area contributed by atoms with Gasteiger partial charge < -0.3 is 20.4 Å². The van der Waals surface area contributed by atoms with Crippen molar-refractivity contribution in [1.29, 1.82) is 5.26 Å². The largest absolute Gasteiger partial charge is 0.369 e. The molecule has 33 heavy (non-hydrogen) atoms. The molecular weight excluding hydrogens is 418 g/mol. The van der Waals surface area contributed by atoms with E-state index in [9.17, 15) is 9.59 Å². The first-order chi connectivity index (χ1) is 15.7. The maximum Gasteiger partial charge on any atom is 0.241 e. The predicted octanol–water partition coefficient (Wildman–Crippen LogP) is 2.45. The highest BCUT2D eigenvalue weighted by molar-refractivity contribution is 5.85. The second-order valence-electron chi connectivity index (χ2n) is 7.82. The lowest BCUT2D eigenvalue weighted by Gasteiger charge is -2.25. The zero-order chi connectivity index (χ0) is 25.2. The zero-order valence-electron chi connectivity index (χ0n) is 21.1. The fourth-order valence-electron chi connectivity index (χ4n) is 2.89. The third-order valence-electron chi connectivity index (χ3n) is 4.74. The second kappa shape index (κ2) is 17.4. The molecule has 2 rings (SSSR count). The van der Waals surface area contributed by atoms with E-state index in [1.807, 2.05) is 64.0 Å². The van der Waals surface area contributed by atoms with Crippen LogP contribution < -0.4 is 11.1 Å². The summed E-state index contributed by atoms with van der Waals surface area (Å²) < 4.78 is 0. The van der Waals surface area contributed by atoms with E-state index < -0.39 is 0 Å². The van der Waals surface area contributed by atoms with Crippen LogP contribution in [0.4, 0.5) is 5.69 Å². The van der Waals surface area contributed by atoms with E-state index in [0.717, 1.165) is 43.6 Å². The fourth-order valence-corrected chi connectivity index (χ4v) is 2.89. The lowest BCUT2D eigenvalue weighted by Crippen LogP contribution is -2.43. The summed E-state index contributed by atoms with van der Waals surface area (Å²) in [4.78, 5) is 33.2. The zero-order valence-corrected chi connectivity index (χ0v) is 21.1. The van der Waals surface area contributed by atoms with Gasteiger partial charge in [-0.15, -0.1) is 0 Å². The number of carbonyl (C=O) groups is 2. The minimum absolute atomic E-state index is 0.0344. The quantitative estimate of drug-likeness (QED) is 0.292. The van der Waals surface area contributed by atoms with Gasteiger partial charge in [0.2, 0.25) is 17.8 Å².